The summed E-state index contributed by atoms with van der Waals surface area (Å²) in [5.74, 6) is 0.395. The molecule has 26 heavy (non-hydrogen) atoms. The van der Waals surface area contributed by atoms with Crippen LogP contribution in [0.1, 0.15) is 6.92 Å². The molecule has 2 aromatic carbocycles. The molecule has 0 radical (unpaired) electrons. The van der Waals surface area contributed by atoms with Gasteiger partial charge >= 0.3 is 0 Å². The Hall–Kier alpha value is -2.13. The minimum atomic E-state index is -1.26. The lowest BCUT2D eigenvalue weighted by Crippen LogP contribution is -2.50. The van der Waals surface area contributed by atoms with Gasteiger partial charge in [0, 0.05) is 10.0 Å². The number of nitriles is 1. The lowest BCUT2D eigenvalue weighted by molar-refractivity contribution is -0.124. The van der Waals surface area contributed by atoms with Gasteiger partial charge in [-0.3, -0.25) is 4.79 Å². The second-order valence-corrected chi connectivity index (χ2v) is 6.88. The van der Waals surface area contributed by atoms with Gasteiger partial charge in [-0.25, -0.2) is 0 Å². The minimum Gasteiger partial charge on any atom is -0.488 e. The zero-order chi connectivity index (χ0) is 19.2. The van der Waals surface area contributed by atoms with E-state index in [-0.39, 0.29) is 13.2 Å². The molecule has 0 bridgehead atoms. The number of carbonyl (C=O) groups excluding carboxylic acids is 1. The van der Waals surface area contributed by atoms with Crippen molar-refractivity contribution in [2.75, 3.05) is 13.2 Å². The topological polar surface area (TPSA) is 71.3 Å². The van der Waals surface area contributed by atoms with E-state index in [1.165, 1.54) is 13.0 Å². The molecule has 0 spiro atoms. The van der Waals surface area contributed by atoms with Crippen molar-refractivity contribution in [1.82, 2.24) is 5.32 Å². The molecule has 0 aliphatic carbocycles. The third-order valence-electron chi connectivity index (χ3n) is 3.26. The number of nitrogens with zero attached hydrogens (tertiary/aromatic N) is 1. The first-order chi connectivity index (χ1) is 12.3. The number of rotatable bonds is 7. The third-order valence-corrected chi connectivity index (χ3v) is 4.04. The van der Waals surface area contributed by atoms with Crippen molar-refractivity contribution in [2.24, 2.45) is 0 Å². The van der Waals surface area contributed by atoms with Crippen LogP contribution in [0.25, 0.3) is 0 Å². The number of carbonyl (C=O) groups is 1. The van der Waals surface area contributed by atoms with Crippen LogP contribution in [0, 0.1) is 11.3 Å². The smallest absolute Gasteiger partial charge is 0.259 e. The van der Waals surface area contributed by atoms with Crippen LogP contribution < -0.4 is 14.8 Å². The number of halogens is 3. The van der Waals surface area contributed by atoms with Crippen LogP contribution in [0.4, 0.5) is 0 Å². The van der Waals surface area contributed by atoms with Gasteiger partial charge in [0.25, 0.3) is 5.91 Å². The summed E-state index contributed by atoms with van der Waals surface area (Å²) in [6.07, 6.45) is 0. The van der Waals surface area contributed by atoms with Crippen molar-refractivity contribution < 1.29 is 14.3 Å². The molecule has 136 valence electrons. The first-order valence-corrected chi connectivity index (χ1v) is 8.63. The van der Waals surface area contributed by atoms with Crippen molar-refractivity contribution >= 4 is 40.7 Å². The van der Waals surface area contributed by atoms with Gasteiger partial charge in [0.2, 0.25) is 0 Å². The van der Waals surface area contributed by atoms with Crippen molar-refractivity contribution in [2.45, 2.75) is 12.5 Å². The van der Waals surface area contributed by atoms with E-state index in [9.17, 15) is 10.1 Å². The molecule has 0 aliphatic rings. The van der Waals surface area contributed by atoms with E-state index in [4.69, 9.17) is 44.3 Å². The maximum Gasteiger partial charge on any atom is 0.259 e. The molecular weight excluding hydrogens is 399 g/mol. The Bertz CT molecular complexity index is 821. The average molecular weight is 414 g/mol. The van der Waals surface area contributed by atoms with Crippen molar-refractivity contribution in [3.8, 4) is 17.6 Å². The SMILES string of the molecule is CC(C#N)(COc1ccc(Cl)cc1Cl)NC(=O)COc1ccc(Cl)cc1. The predicted molar refractivity (Wildman–Crippen MR) is 101 cm³/mol. The van der Waals surface area contributed by atoms with Gasteiger partial charge in [-0.2, -0.15) is 5.26 Å². The molecule has 0 aromatic heterocycles. The Labute approximate surface area is 166 Å². The van der Waals surface area contributed by atoms with Crippen LogP contribution in [0.3, 0.4) is 0 Å². The molecule has 1 N–H and O–H groups in total. The van der Waals surface area contributed by atoms with Crippen LogP contribution in [0.5, 0.6) is 11.5 Å². The highest BCUT2D eigenvalue weighted by Gasteiger charge is 2.28. The van der Waals surface area contributed by atoms with Gasteiger partial charge in [0.05, 0.1) is 11.1 Å². The second-order valence-electron chi connectivity index (χ2n) is 5.60. The molecule has 1 atom stereocenters. The maximum absolute atomic E-state index is 12.1. The van der Waals surface area contributed by atoms with Crippen molar-refractivity contribution in [3.63, 3.8) is 0 Å². The predicted octanol–water partition coefficient (Wildman–Crippen LogP) is 4.50. The molecule has 1 unspecified atom stereocenters. The zero-order valence-corrected chi connectivity index (χ0v) is 16.0. The Morgan fingerprint density at radius 1 is 1.12 bits per heavy atom. The molecule has 2 rings (SSSR count). The first-order valence-electron chi connectivity index (χ1n) is 7.50. The van der Waals surface area contributed by atoms with Crippen LogP contribution in [0.2, 0.25) is 15.1 Å². The van der Waals surface area contributed by atoms with E-state index in [0.29, 0.717) is 26.6 Å². The summed E-state index contributed by atoms with van der Waals surface area (Å²) in [6, 6.07) is 13.3. The molecule has 1 amide bonds. The van der Waals surface area contributed by atoms with Gasteiger partial charge in [0.1, 0.15) is 18.1 Å². The second kappa shape index (κ2) is 9.00. The average Bonchev–Trinajstić information content (AvgIpc) is 2.60. The Balaban J connectivity index is 1.90. The number of ether oxygens (including phenoxy) is 2. The number of benzene rings is 2. The highest BCUT2D eigenvalue weighted by atomic mass is 35.5. The molecule has 0 fully saturated rings. The lowest BCUT2D eigenvalue weighted by atomic mass is 10.1. The highest BCUT2D eigenvalue weighted by molar-refractivity contribution is 6.35. The molecule has 5 nitrogen and oxygen atoms in total. The normalized spacial score (nSPS) is 12.6. The standard InChI is InChI=1S/C18H15Cl3N2O3/c1-18(10-22,11-26-16-7-4-13(20)8-15(16)21)23-17(24)9-25-14-5-2-12(19)3-6-14/h2-8H,9,11H2,1H3,(H,23,24). The van der Waals surface area contributed by atoms with Crippen molar-refractivity contribution in [1.29, 1.82) is 5.26 Å². The number of hydrogen-bond donors (Lipinski definition) is 1. The Kier molecular flexibility index (Phi) is 6.98. The lowest BCUT2D eigenvalue weighted by Gasteiger charge is -2.23. The van der Waals surface area contributed by atoms with Crippen LogP contribution in [-0.4, -0.2) is 24.7 Å². The van der Waals surface area contributed by atoms with Crippen LogP contribution in [-0.2, 0) is 4.79 Å². The Morgan fingerprint density at radius 3 is 2.38 bits per heavy atom. The van der Waals surface area contributed by atoms with Crippen molar-refractivity contribution in [3.05, 3.63) is 57.5 Å². The summed E-state index contributed by atoms with van der Waals surface area (Å²) < 4.78 is 10.9. The summed E-state index contributed by atoms with van der Waals surface area (Å²) in [7, 11) is 0. The van der Waals surface area contributed by atoms with E-state index in [1.807, 2.05) is 6.07 Å². The van der Waals surface area contributed by atoms with Gasteiger partial charge in [-0.05, 0) is 49.4 Å². The zero-order valence-electron chi connectivity index (χ0n) is 13.8. The molecule has 0 heterocycles. The van der Waals surface area contributed by atoms with E-state index < -0.39 is 11.4 Å². The first kappa shape index (κ1) is 20.2. The van der Waals surface area contributed by atoms with Gasteiger partial charge < -0.3 is 14.8 Å². The molecule has 0 saturated heterocycles. The fraction of sp³-hybridized carbons (Fsp3) is 0.222. The molecule has 8 heteroatoms. The molecule has 0 saturated carbocycles. The Morgan fingerprint density at radius 2 is 1.77 bits per heavy atom. The van der Waals surface area contributed by atoms with E-state index in [1.54, 1.807) is 36.4 Å². The minimum absolute atomic E-state index is 0.0997. The molecule has 0 aliphatic heterocycles. The number of nitrogens with one attached hydrogen (secondary N) is 1. The van der Waals surface area contributed by atoms with E-state index in [0.717, 1.165) is 0 Å². The molecule has 2 aromatic rings. The van der Waals surface area contributed by atoms with Gasteiger partial charge in [-0.15, -0.1) is 0 Å². The summed E-state index contributed by atoms with van der Waals surface area (Å²) >= 11 is 17.6. The summed E-state index contributed by atoms with van der Waals surface area (Å²) in [4.78, 5) is 12.1. The fourth-order valence-electron chi connectivity index (χ4n) is 1.93. The maximum atomic E-state index is 12.1. The summed E-state index contributed by atoms with van der Waals surface area (Å²) in [5, 5.41) is 13.3. The number of hydrogen-bond acceptors (Lipinski definition) is 4. The quantitative estimate of drug-likeness (QED) is 0.725. The third kappa shape index (κ3) is 5.99. The summed E-state index contributed by atoms with van der Waals surface area (Å²) in [5.41, 5.74) is -1.26. The fourth-order valence-corrected chi connectivity index (χ4v) is 2.52. The van der Waals surface area contributed by atoms with Gasteiger partial charge in [0.15, 0.2) is 12.1 Å². The van der Waals surface area contributed by atoms with Crippen LogP contribution >= 0.6 is 34.8 Å². The molecular formula is C18H15Cl3N2O3. The highest BCUT2D eigenvalue weighted by Crippen LogP contribution is 2.28. The van der Waals surface area contributed by atoms with E-state index >= 15 is 0 Å². The summed E-state index contributed by atoms with van der Waals surface area (Å²) in [6.45, 7) is 1.19. The van der Waals surface area contributed by atoms with Crippen LogP contribution in [0.15, 0.2) is 42.5 Å². The van der Waals surface area contributed by atoms with E-state index in [2.05, 4.69) is 5.32 Å². The van der Waals surface area contributed by atoms with Gasteiger partial charge in [-0.1, -0.05) is 34.8 Å². The monoisotopic (exact) mass is 412 g/mol. The number of amides is 1. The largest absolute Gasteiger partial charge is 0.488 e.